The fourth-order valence-corrected chi connectivity index (χ4v) is 1.99. The van der Waals surface area contributed by atoms with Crippen LogP contribution in [-0.4, -0.2) is 11.9 Å². The topological polar surface area (TPSA) is 3.24 Å². The molecule has 1 aromatic carbocycles. The van der Waals surface area contributed by atoms with Crippen LogP contribution in [0, 0.1) is 0 Å². The molecule has 2 heteroatoms. The average molecular weight is 232 g/mol. The van der Waals surface area contributed by atoms with Gasteiger partial charge >= 0.3 is 0 Å². The van der Waals surface area contributed by atoms with Gasteiger partial charge in [0.25, 0.3) is 0 Å². The summed E-state index contributed by atoms with van der Waals surface area (Å²) in [6, 6.07) is 7.85. The number of likely N-dealkylation sites (N-methyl/N-ethyl adjacent to an activating group) is 1. The zero-order chi connectivity index (χ0) is 11.7. The lowest BCUT2D eigenvalue weighted by molar-refractivity contribution is 0.603. The molecule has 1 aromatic rings. The second kappa shape index (κ2) is 4.18. The molecule has 0 unspecified atom stereocenters. The van der Waals surface area contributed by atoms with Crippen LogP contribution in [0.1, 0.15) is 12.5 Å². The van der Waals surface area contributed by atoms with Crippen LogP contribution in [0.4, 0.5) is 0 Å². The molecule has 0 aliphatic carbocycles. The molecule has 82 valence electrons. The second-order valence-electron chi connectivity index (χ2n) is 3.89. The minimum absolute atomic E-state index is 0.765. The van der Waals surface area contributed by atoms with E-state index in [4.69, 9.17) is 11.6 Å². The van der Waals surface area contributed by atoms with Gasteiger partial charge in [-0.3, -0.25) is 0 Å². The summed E-state index contributed by atoms with van der Waals surface area (Å²) in [5.74, 6) is 0. The van der Waals surface area contributed by atoms with Crippen molar-refractivity contribution in [2.45, 2.75) is 6.92 Å². The molecular weight excluding hydrogens is 218 g/mol. The molecule has 0 amide bonds. The number of halogens is 1. The van der Waals surface area contributed by atoms with Crippen LogP contribution in [-0.2, 0) is 0 Å². The van der Waals surface area contributed by atoms with E-state index >= 15 is 0 Å². The molecule has 1 aliphatic rings. The Morgan fingerprint density at radius 2 is 1.88 bits per heavy atom. The smallest absolute Gasteiger partial charge is 0.0499 e. The number of allylic oxidation sites excluding steroid dienone is 3. The van der Waals surface area contributed by atoms with Gasteiger partial charge in [0.1, 0.15) is 0 Å². The third kappa shape index (κ3) is 1.79. The summed E-state index contributed by atoms with van der Waals surface area (Å²) in [5, 5.41) is 0.765. The van der Waals surface area contributed by atoms with Crippen molar-refractivity contribution in [2.75, 3.05) is 7.05 Å². The number of hydrogen-bond donors (Lipinski definition) is 0. The van der Waals surface area contributed by atoms with Crippen LogP contribution < -0.4 is 0 Å². The largest absolute Gasteiger partial charge is 0.344 e. The number of nitrogens with zero attached hydrogens (tertiary/aromatic N) is 1. The van der Waals surface area contributed by atoms with Gasteiger partial charge < -0.3 is 4.90 Å². The van der Waals surface area contributed by atoms with E-state index in [-0.39, 0.29) is 0 Å². The van der Waals surface area contributed by atoms with Gasteiger partial charge in [-0.05, 0) is 24.6 Å². The Labute approximate surface area is 101 Å². The molecule has 1 aliphatic heterocycles. The first-order chi connectivity index (χ1) is 7.61. The molecule has 0 saturated carbocycles. The Hall–Kier alpha value is -1.47. The third-order valence-electron chi connectivity index (χ3n) is 2.86. The molecule has 0 bridgehead atoms. The van der Waals surface area contributed by atoms with Crippen molar-refractivity contribution >= 4 is 17.3 Å². The van der Waals surface area contributed by atoms with E-state index in [1.807, 2.05) is 31.3 Å². The van der Waals surface area contributed by atoms with Crippen LogP contribution in [0.5, 0.6) is 0 Å². The van der Waals surface area contributed by atoms with E-state index in [9.17, 15) is 0 Å². The van der Waals surface area contributed by atoms with E-state index in [2.05, 4.69) is 30.6 Å². The summed E-state index contributed by atoms with van der Waals surface area (Å²) in [4.78, 5) is 2.07. The summed E-state index contributed by atoms with van der Waals surface area (Å²) in [6.45, 7) is 6.11. The van der Waals surface area contributed by atoms with Crippen LogP contribution in [0.25, 0.3) is 5.70 Å². The zero-order valence-electron chi connectivity index (χ0n) is 9.50. The standard InChI is InChI=1S/C14H14ClN/c1-10-8-9-14(16(3)11(10)2)12-6-4-5-7-13(12)15/h4-9H,2H2,1,3H3. The highest BCUT2D eigenvalue weighted by Gasteiger charge is 2.16. The highest BCUT2D eigenvalue weighted by atomic mass is 35.5. The van der Waals surface area contributed by atoms with Crippen molar-refractivity contribution in [1.82, 2.24) is 4.90 Å². The lowest BCUT2D eigenvalue weighted by atomic mass is 10.0. The van der Waals surface area contributed by atoms with E-state index in [1.54, 1.807) is 0 Å². The molecule has 0 atom stereocenters. The SMILES string of the molecule is C=C1C(C)=CC=C(c2ccccc2Cl)N1C. The molecule has 0 fully saturated rings. The third-order valence-corrected chi connectivity index (χ3v) is 3.19. The molecular formula is C14H14ClN. The Balaban J connectivity index is 2.50. The summed E-state index contributed by atoms with van der Waals surface area (Å²) in [5.41, 5.74) is 4.31. The Bertz CT molecular complexity index is 497. The van der Waals surface area contributed by atoms with Crippen molar-refractivity contribution in [1.29, 1.82) is 0 Å². The maximum atomic E-state index is 6.19. The van der Waals surface area contributed by atoms with Gasteiger partial charge in [-0.2, -0.15) is 0 Å². The maximum absolute atomic E-state index is 6.19. The number of hydrogen-bond acceptors (Lipinski definition) is 1. The zero-order valence-corrected chi connectivity index (χ0v) is 10.3. The highest BCUT2D eigenvalue weighted by molar-refractivity contribution is 6.32. The summed E-state index contributed by atoms with van der Waals surface area (Å²) in [7, 11) is 2.01. The molecule has 0 aromatic heterocycles. The first-order valence-electron chi connectivity index (χ1n) is 5.17. The van der Waals surface area contributed by atoms with Crippen molar-refractivity contribution in [3.63, 3.8) is 0 Å². The summed E-state index contributed by atoms with van der Waals surface area (Å²) < 4.78 is 0. The highest BCUT2D eigenvalue weighted by Crippen LogP contribution is 2.32. The number of rotatable bonds is 1. The van der Waals surface area contributed by atoms with Gasteiger partial charge in [-0.15, -0.1) is 0 Å². The molecule has 0 N–H and O–H groups in total. The number of benzene rings is 1. The summed E-state index contributed by atoms with van der Waals surface area (Å²) >= 11 is 6.19. The molecule has 1 heterocycles. The van der Waals surface area contributed by atoms with E-state index in [0.717, 1.165) is 22.0 Å². The predicted molar refractivity (Wildman–Crippen MR) is 70.1 cm³/mol. The molecule has 0 saturated heterocycles. The van der Waals surface area contributed by atoms with Crippen molar-refractivity contribution in [2.24, 2.45) is 0 Å². The van der Waals surface area contributed by atoms with Gasteiger partial charge in [0.2, 0.25) is 0 Å². The fourth-order valence-electron chi connectivity index (χ4n) is 1.76. The van der Waals surface area contributed by atoms with E-state index < -0.39 is 0 Å². The molecule has 0 spiro atoms. The second-order valence-corrected chi connectivity index (χ2v) is 4.29. The lowest BCUT2D eigenvalue weighted by Crippen LogP contribution is -2.18. The van der Waals surface area contributed by atoms with Gasteiger partial charge in [-0.25, -0.2) is 0 Å². The Morgan fingerprint density at radius 1 is 1.19 bits per heavy atom. The van der Waals surface area contributed by atoms with Gasteiger partial charge in [0.05, 0.1) is 0 Å². The first-order valence-corrected chi connectivity index (χ1v) is 5.55. The first kappa shape index (κ1) is 11.0. The monoisotopic (exact) mass is 231 g/mol. The van der Waals surface area contributed by atoms with E-state index in [1.165, 1.54) is 5.57 Å². The van der Waals surface area contributed by atoms with E-state index in [0.29, 0.717) is 0 Å². The quantitative estimate of drug-likeness (QED) is 0.704. The Kier molecular flexibility index (Phi) is 2.88. The van der Waals surface area contributed by atoms with Crippen LogP contribution >= 0.6 is 11.6 Å². The molecule has 0 radical (unpaired) electrons. The molecule has 1 nitrogen and oxygen atoms in total. The predicted octanol–water partition coefficient (Wildman–Crippen LogP) is 4.09. The minimum Gasteiger partial charge on any atom is -0.344 e. The van der Waals surface area contributed by atoms with Crippen molar-refractivity contribution in [3.8, 4) is 0 Å². The average Bonchev–Trinajstić information content (AvgIpc) is 2.28. The van der Waals surface area contributed by atoms with Gasteiger partial charge in [0, 0.05) is 29.0 Å². The minimum atomic E-state index is 0.765. The van der Waals surface area contributed by atoms with Crippen LogP contribution in [0.15, 0.2) is 54.3 Å². The van der Waals surface area contributed by atoms with Gasteiger partial charge in [0.15, 0.2) is 0 Å². The van der Waals surface area contributed by atoms with Crippen molar-refractivity contribution < 1.29 is 0 Å². The maximum Gasteiger partial charge on any atom is 0.0499 e. The van der Waals surface area contributed by atoms with Gasteiger partial charge in [-0.1, -0.05) is 42.5 Å². The van der Waals surface area contributed by atoms with Crippen LogP contribution in [0.3, 0.4) is 0 Å². The summed E-state index contributed by atoms with van der Waals surface area (Å²) in [6.07, 6.45) is 4.15. The lowest BCUT2D eigenvalue weighted by Gasteiger charge is -2.28. The molecule has 16 heavy (non-hydrogen) atoms. The normalized spacial score (nSPS) is 15.9. The molecule has 2 rings (SSSR count). The van der Waals surface area contributed by atoms with Crippen molar-refractivity contribution in [3.05, 3.63) is 64.9 Å². The fraction of sp³-hybridized carbons (Fsp3) is 0.143. The van der Waals surface area contributed by atoms with Crippen LogP contribution in [0.2, 0.25) is 5.02 Å². The Morgan fingerprint density at radius 3 is 2.56 bits per heavy atom.